The van der Waals surface area contributed by atoms with Crippen molar-refractivity contribution >= 4 is 5.91 Å². The minimum absolute atomic E-state index is 0.0689. The molecule has 18 heavy (non-hydrogen) atoms. The number of rotatable bonds is 7. The topological polar surface area (TPSA) is 59.2 Å². The van der Waals surface area contributed by atoms with Gasteiger partial charge in [-0.15, -0.1) is 0 Å². The van der Waals surface area contributed by atoms with Gasteiger partial charge in [0.25, 0.3) is 0 Å². The van der Waals surface area contributed by atoms with Crippen LogP contribution in [0.25, 0.3) is 0 Å². The molecule has 1 aromatic heterocycles. The Morgan fingerprint density at radius 3 is 2.89 bits per heavy atom. The average Bonchev–Trinajstić information content (AvgIpc) is 2.42. The van der Waals surface area contributed by atoms with Crippen molar-refractivity contribution in [3.8, 4) is 0 Å². The van der Waals surface area contributed by atoms with Crippen LogP contribution < -0.4 is 5.73 Å². The molecule has 0 aliphatic rings. The summed E-state index contributed by atoms with van der Waals surface area (Å²) in [6, 6.07) is 3.89. The normalized spacial score (nSPS) is 12.2. The summed E-state index contributed by atoms with van der Waals surface area (Å²) in [6.45, 7) is 5.96. The lowest BCUT2D eigenvalue weighted by Crippen LogP contribution is -2.36. The Labute approximate surface area is 109 Å². The van der Waals surface area contributed by atoms with E-state index in [1.807, 2.05) is 30.9 Å². The molecule has 0 aliphatic heterocycles. The van der Waals surface area contributed by atoms with E-state index in [4.69, 9.17) is 5.73 Å². The quantitative estimate of drug-likeness (QED) is 0.801. The van der Waals surface area contributed by atoms with Crippen LogP contribution in [-0.4, -0.2) is 28.9 Å². The van der Waals surface area contributed by atoms with E-state index in [2.05, 4.69) is 4.98 Å². The van der Waals surface area contributed by atoms with E-state index in [1.165, 1.54) is 0 Å². The molecule has 1 aromatic rings. The van der Waals surface area contributed by atoms with E-state index >= 15 is 0 Å². The summed E-state index contributed by atoms with van der Waals surface area (Å²) in [5, 5.41) is 0. The van der Waals surface area contributed by atoms with Gasteiger partial charge in [0, 0.05) is 31.4 Å². The van der Waals surface area contributed by atoms with Gasteiger partial charge < -0.3 is 10.6 Å². The lowest BCUT2D eigenvalue weighted by molar-refractivity contribution is -0.135. The minimum Gasteiger partial charge on any atom is -0.338 e. The number of carbonyl (C=O) groups is 1. The van der Waals surface area contributed by atoms with Gasteiger partial charge in [-0.1, -0.05) is 19.9 Å². The highest BCUT2D eigenvalue weighted by Gasteiger charge is 2.18. The number of nitrogens with two attached hydrogens (primary N) is 1. The number of hydrogen-bond acceptors (Lipinski definition) is 3. The average molecular weight is 249 g/mol. The maximum absolute atomic E-state index is 12.2. The van der Waals surface area contributed by atoms with Gasteiger partial charge in [0.1, 0.15) is 0 Å². The lowest BCUT2D eigenvalue weighted by Gasteiger charge is -2.25. The Bertz CT molecular complexity index is 353. The largest absolute Gasteiger partial charge is 0.338 e. The smallest absolute Gasteiger partial charge is 0.225 e. The molecule has 0 saturated carbocycles. The van der Waals surface area contributed by atoms with Crippen molar-refractivity contribution in [3.63, 3.8) is 0 Å². The summed E-state index contributed by atoms with van der Waals surface area (Å²) in [5.41, 5.74) is 6.59. The lowest BCUT2D eigenvalue weighted by atomic mass is 10.1. The fourth-order valence-electron chi connectivity index (χ4n) is 1.75. The summed E-state index contributed by atoms with van der Waals surface area (Å²) in [7, 11) is 0. The standard InChI is InChI=1S/C14H23N3O/c1-3-12(2)14(18)17(9-5-7-15)11-13-6-4-8-16-10-13/h4,6,8,10,12H,3,5,7,9,11,15H2,1-2H3. The zero-order chi connectivity index (χ0) is 13.4. The summed E-state index contributed by atoms with van der Waals surface area (Å²) in [6.07, 6.45) is 5.25. The second-order valence-electron chi connectivity index (χ2n) is 4.57. The molecule has 1 rings (SSSR count). The Morgan fingerprint density at radius 2 is 2.33 bits per heavy atom. The Hall–Kier alpha value is -1.42. The zero-order valence-corrected chi connectivity index (χ0v) is 11.3. The first-order valence-corrected chi connectivity index (χ1v) is 6.56. The highest BCUT2D eigenvalue weighted by atomic mass is 16.2. The van der Waals surface area contributed by atoms with Gasteiger partial charge in [-0.25, -0.2) is 0 Å². The number of nitrogens with zero attached hydrogens (tertiary/aromatic N) is 2. The molecule has 1 unspecified atom stereocenters. The van der Waals surface area contributed by atoms with Gasteiger partial charge in [0.15, 0.2) is 0 Å². The van der Waals surface area contributed by atoms with Crippen molar-refractivity contribution < 1.29 is 4.79 Å². The van der Waals surface area contributed by atoms with Gasteiger partial charge in [-0.05, 0) is 31.0 Å². The van der Waals surface area contributed by atoms with E-state index in [-0.39, 0.29) is 11.8 Å². The van der Waals surface area contributed by atoms with Crippen LogP contribution in [0.2, 0.25) is 0 Å². The fraction of sp³-hybridized carbons (Fsp3) is 0.571. The van der Waals surface area contributed by atoms with Crippen LogP contribution in [0.5, 0.6) is 0 Å². The summed E-state index contributed by atoms with van der Waals surface area (Å²) in [4.78, 5) is 18.2. The van der Waals surface area contributed by atoms with Crippen LogP contribution in [0.15, 0.2) is 24.5 Å². The third-order valence-electron chi connectivity index (χ3n) is 3.07. The van der Waals surface area contributed by atoms with E-state index in [1.54, 1.807) is 12.4 Å². The molecular formula is C14H23N3O. The third kappa shape index (κ3) is 4.45. The summed E-state index contributed by atoms with van der Waals surface area (Å²) >= 11 is 0. The van der Waals surface area contributed by atoms with Crippen LogP contribution >= 0.6 is 0 Å². The molecular weight excluding hydrogens is 226 g/mol. The molecule has 0 aromatic carbocycles. The predicted molar refractivity (Wildman–Crippen MR) is 72.8 cm³/mol. The zero-order valence-electron chi connectivity index (χ0n) is 11.3. The van der Waals surface area contributed by atoms with E-state index in [9.17, 15) is 4.79 Å². The van der Waals surface area contributed by atoms with Crippen molar-refractivity contribution in [2.45, 2.75) is 33.2 Å². The second kappa shape index (κ2) is 7.82. The fourth-order valence-corrected chi connectivity index (χ4v) is 1.75. The van der Waals surface area contributed by atoms with Crippen LogP contribution in [0.3, 0.4) is 0 Å². The molecule has 1 amide bonds. The first-order valence-electron chi connectivity index (χ1n) is 6.56. The number of aromatic nitrogens is 1. The van der Waals surface area contributed by atoms with Crippen LogP contribution in [0, 0.1) is 5.92 Å². The van der Waals surface area contributed by atoms with Crippen molar-refractivity contribution in [2.24, 2.45) is 11.7 Å². The summed E-state index contributed by atoms with van der Waals surface area (Å²) in [5.74, 6) is 0.272. The molecule has 4 heteroatoms. The van der Waals surface area contributed by atoms with E-state index in [0.29, 0.717) is 19.6 Å². The maximum Gasteiger partial charge on any atom is 0.225 e. The van der Waals surface area contributed by atoms with Crippen LogP contribution in [0.4, 0.5) is 0 Å². The van der Waals surface area contributed by atoms with Crippen molar-refractivity contribution in [1.29, 1.82) is 0 Å². The molecule has 0 aliphatic carbocycles. The Morgan fingerprint density at radius 1 is 1.56 bits per heavy atom. The molecule has 0 bridgehead atoms. The van der Waals surface area contributed by atoms with Crippen LogP contribution in [-0.2, 0) is 11.3 Å². The molecule has 100 valence electrons. The SMILES string of the molecule is CCC(C)C(=O)N(CCCN)Cc1cccnc1. The highest BCUT2D eigenvalue weighted by Crippen LogP contribution is 2.11. The minimum atomic E-state index is 0.0689. The van der Waals surface area contributed by atoms with Gasteiger partial charge in [-0.2, -0.15) is 0 Å². The van der Waals surface area contributed by atoms with Gasteiger partial charge in [0.05, 0.1) is 0 Å². The number of carbonyl (C=O) groups excluding carboxylic acids is 1. The number of hydrogen-bond donors (Lipinski definition) is 1. The highest BCUT2D eigenvalue weighted by molar-refractivity contribution is 5.78. The van der Waals surface area contributed by atoms with Crippen molar-refractivity contribution in [3.05, 3.63) is 30.1 Å². The van der Waals surface area contributed by atoms with Crippen LogP contribution in [0.1, 0.15) is 32.3 Å². The van der Waals surface area contributed by atoms with Gasteiger partial charge in [-0.3, -0.25) is 9.78 Å². The van der Waals surface area contributed by atoms with Gasteiger partial charge >= 0.3 is 0 Å². The molecule has 0 spiro atoms. The molecule has 0 fully saturated rings. The monoisotopic (exact) mass is 249 g/mol. The molecule has 0 saturated heterocycles. The predicted octanol–water partition coefficient (Wildman–Crippen LogP) is 1.81. The van der Waals surface area contributed by atoms with Gasteiger partial charge in [0.2, 0.25) is 5.91 Å². The molecule has 2 N–H and O–H groups in total. The molecule has 0 radical (unpaired) electrons. The first kappa shape index (κ1) is 14.6. The Kier molecular flexibility index (Phi) is 6.36. The van der Waals surface area contributed by atoms with E-state index < -0.39 is 0 Å². The summed E-state index contributed by atoms with van der Waals surface area (Å²) < 4.78 is 0. The van der Waals surface area contributed by atoms with Crippen molar-refractivity contribution in [2.75, 3.05) is 13.1 Å². The number of amides is 1. The maximum atomic E-state index is 12.2. The van der Waals surface area contributed by atoms with Crippen molar-refractivity contribution in [1.82, 2.24) is 9.88 Å². The molecule has 4 nitrogen and oxygen atoms in total. The van der Waals surface area contributed by atoms with E-state index in [0.717, 1.165) is 18.4 Å². The first-order chi connectivity index (χ1) is 8.69. The number of pyridine rings is 1. The third-order valence-corrected chi connectivity index (χ3v) is 3.07. The Balaban J connectivity index is 2.69. The second-order valence-corrected chi connectivity index (χ2v) is 4.57. The molecule has 1 heterocycles. The molecule has 1 atom stereocenters.